The fourth-order valence-electron chi connectivity index (χ4n) is 4.08. The largest absolute Gasteiger partial charge is 0.356 e. The minimum absolute atomic E-state index is 1.09. The Morgan fingerprint density at radius 1 is 0.205 bits per heavy atom. The van der Waals surface area contributed by atoms with Gasteiger partial charge in [0.1, 0.15) is 0 Å². The van der Waals surface area contributed by atoms with Gasteiger partial charge in [-0.1, -0.05) is 97.1 Å². The van der Waals surface area contributed by atoms with Gasteiger partial charge in [-0.3, -0.25) is 0 Å². The molecule has 3 heteroatoms. The summed E-state index contributed by atoms with van der Waals surface area (Å²) in [6.45, 7) is 0. The number of benzene rings is 6. The Labute approximate surface area is 230 Å². The molecule has 6 aromatic carbocycles. The fraction of sp³-hybridized carbons (Fsp3) is 0. The first-order valence-electron chi connectivity index (χ1n) is 13.0. The highest BCUT2D eigenvalue weighted by Gasteiger charge is 2.00. The van der Waals surface area contributed by atoms with Gasteiger partial charge in [-0.2, -0.15) is 0 Å². The minimum Gasteiger partial charge on any atom is -0.356 e. The van der Waals surface area contributed by atoms with Crippen molar-refractivity contribution in [2.75, 3.05) is 16.0 Å². The average Bonchev–Trinajstić information content (AvgIpc) is 3.01. The van der Waals surface area contributed by atoms with Crippen molar-refractivity contribution in [2.24, 2.45) is 0 Å². The molecule has 0 saturated carbocycles. The molecule has 39 heavy (non-hydrogen) atoms. The van der Waals surface area contributed by atoms with Crippen LogP contribution in [0.25, 0.3) is 11.1 Å². The maximum Gasteiger partial charge on any atom is 0.0384 e. The molecule has 0 atom stereocenters. The molecule has 0 aromatic heterocycles. The molecule has 0 aliphatic carbocycles. The van der Waals surface area contributed by atoms with Crippen LogP contribution < -0.4 is 16.0 Å². The Bertz CT molecular complexity index is 1400. The van der Waals surface area contributed by atoms with Gasteiger partial charge in [-0.15, -0.1) is 0 Å². The van der Waals surface area contributed by atoms with E-state index in [1.807, 2.05) is 97.1 Å². The van der Waals surface area contributed by atoms with Crippen LogP contribution in [0.2, 0.25) is 0 Å². The Morgan fingerprint density at radius 3 is 0.641 bits per heavy atom. The molecule has 190 valence electrons. The Morgan fingerprint density at radius 2 is 0.410 bits per heavy atom. The van der Waals surface area contributed by atoms with Crippen molar-refractivity contribution in [1.82, 2.24) is 0 Å². The van der Waals surface area contributed by atoms with Gasteiger partial charge in [0.05, 0.1) is 0 Å². The van der Waals surface area contributed by atoms with E-state index < -0.39 is 0 Å². The van der Waals surface area contributed by atoms with Gasteiger partial charge in [0.2, 0.25) is 0 Å². The van der Waals surface area contributed by atoms with Crippen molar-refractivity contribution in [3.63, 3.8) is 0 Å². The second-order valence-electron chi connectivity index (χ2n) is 8.99. The molecule has 0 radical (unpaired) electrons. The minimum atomic E-state index is 1.09. The van der Waals surface area contributed by atoms with Gasteiger partial charge in [-0.25, -0.2) is 0 Å². The standard InChI is InChI=1S/C24H20N2.C12H11N/c1-3-7-21(8-4-1)25-23-15-11-19(12-16-23)20-13-17-24(18-14-20)26-22-9-5-2-6-10-22;1-3-7-11(8-4-1)13-12-9-5-2-6-10-12/h1-18,25-26H;1-10,13H. The van der Waals surface area contributed by atoms with Crippen molar-refractivity contribution >= 4 is 34.1 Å². The highest BCUT2D eigenvalue weighted by molar-refractivity contribution is 5.71. The fourth-order valence-corrected chi connectivity index (χ4v) is 4.08. The van der Waals surface area contributed by atoms with E-state index in [1.165, 1.54) is 11.1 Å². The Kier molecular flexibility index (Phi) is 8.66. The quantitative estimate of drug-likeness (QED) is 0.202. The zero-order valence-electron chi connectivity index (χ0n) is 21.7. The summed E-state index contributed by atoms with van der Waals surface area (Å²) in [6.07, 6.45) is 0. The Balaban J connectivity index is 0.000000198. The van der Waals surface area contributed by atoms with Crippen LogP contribution in [-0.4, -0.2) is 0 Å². The summed E-state index contributed by atoms with van der Waals surface area (Å²) in [4.78, 5) is 0. The molecule has 0 aliphatic heterocycles. The van der Waals surface area contributed by atoms with E-state index in [0.717, 1.165) is 34.1 Å². The molecule has 0 fully saturated rings. The number of anilines is 6. The van der Waals surface area contributed by atoms with Crippen molar-refractivity contribution < 1.29 is 0 Å². The SMILES string of the molecule is c1ccc(Nc2ccc(-c3ccc(Nc4ccccc4)cc3)cc2)cc1.c1ccc(Nc2ccccc2)cc1. The lowest BCUT2D eigenvalue weighted by Crippen LogP contribution is -1.90. The average molecular weight is 506 g/mol. The molecule has 6 rings (SSSR count). The van der Waals surface area contributed by atoms with Gasteiger partial charge in [-0.05, 0) is 83.9 Å². The number of para-hydroxylation sites is 4. The van der Waals surface area contributed by atoms with Gasteiger partial charge in [0.25, 0.3) is 0 Å². The molecule has 3 N–H and O–H groups in total. The second-order valence-corrected chi connectivity index (χ2v) is 8.99. The summed E-state index contributed by atoms with van der Waals surface area (Å²) >= 11 is 0. The topological polar surface area (TPSA) is 36.1 Å². The van der Waals surface area contributed by atoms with Gasteiger partial charge in [0.15, 0.2) is 0 Å². The molecule has 0 saturated heterocycles. The van der Waals surface area contributed by atoms with Gasteiger partial charge >= 0.3 is 0 Å². The summed E-state index contributed by atoms with van der Waals surface area (Å²) in [5.74, 6) is 0. The molecule has 0 unspecified atom stereocenters. The van der Waals surface area contributed by atoms with Gasteiger partial charge < -0.3 is 16.0 Å². The van der Waals surface area contributed by atoms with Crippen molar-refractivity contribution in [3.05, 3.63) is 170 Å². The first-order chi connectivity index (χ1) is 19.3. The predicted octanol–water partition coefficient (Wildman–Crippen LogP) is 10.3. The van der Waals surface area contributed by atoms with E-state index in [9.17, 15) is 0 Å². The molecule has 0 aliphatic rings. The lowest BCUT2D eigenvalue weighted by atomic mass is 10.0. The van der Waals surface area contributed by atoms with Crippen LogP contribution in [-0.2, 0) is 0 Å². The third kappa shape index (κ3) is 7.85. The Hall–Kier alpha value is -5.28. The third-order valence-electron chi connectivity index (χ3n) is 6.06. The van der Waals surface area contributed by atoms with E-state index in [-0.39, 0.29) is 0 Å². The van der Waals surface area contributed by atoms with E-state index in [4.69, 9.17) is 0 Å². The van der Waals surface area contributed by atoms with Crippen LogP contribution in [0.5, 0.6) is 0 Å². The molecule has 3 nitrogen and oxygen atoms in total. The first kappa shape index (κ1) is 25.4. The summed E-state index contributed by atoms with van der Waals surface area (Å²) in [6, 6.07) is 57.7. The maximum absolute atomic E-state index is 3.41. The monoisotopic (exact) mass is 505 g/mol. The molecule has 0 spiro atoms. The van der Waals surface area contributed by atoms with Crippen LogP contribution in [0.4, 0.5) is 34.1 Å². The second kappa shape index (κ2) is 13.3. The lowest BCUT2D eigenvalue weighted by Gasteiger charge is -2.09. The van der Waals surface area contributed by atoms with E-state index >= 15 is 0 Å². The summed E-state index contributed by atoms with van der Waals surface area (Å²) in [5, 5.41) is 10.1. The molecule has 0 heterocycles. The molecule has 6 aromatic rings. The third-order valence-corrected chi connectivity index (χ3v) is 6.06. The van der Waals surface area contributed by atoms with E-state index in [0.29, 0.717) is 0 Å². The number of rotatable bonds is 7. The molecular weight excluding hydrogens is 474 g/mol. The number of nitrogens with one attached hydrogen (secondary N) is 3. The number of hydrogen-bond acceptors (Lipinski definition) is 3. The maximum atomic E-state index is 3.41. The van der Waals surface area contributed by atoms with Crippen molar-refractivity contribution in [1.29, 1.82) is 0 Å². The van der Waals surface area contributed by atoms with Crippen molar-refractivity contribution in [2.45, 2.75) is 0 Å². The number of hydrogen-bond donors (Lipinski definition) is 3. The van der Waals surface area contributed by atoms with Crippen molar-refractivity contribution in [3.8, 4) is 11.1 Å². The lowest BCUT2D eigenvalue weighted by molar-refractivity contribution is 1.53. The molecular formula is C36H31N3. The smallest absolute Gasteiger partial charge is 0.0384 e. The highest BCUT2D eigenvalue weighted by Crippen LogP contribution is 2.25. The predicted molar refractivity (Wildman–Crippen MR) is 167 cm³/mol. The molecule has 0 amide bonds. The van der Waals surface area contributed by atoms with Crippen LogP contribution >= 0.6 is 0 Å². The van der Waals surface area contributed by atoms with E-state index in [1.54, 1.807) is 0 Å². The zero-order valence-corrected chi connectivity index (χ0v) is 21.7. The van der Waals surface area contributed by atoms with Crippen LogP contribution in [0, 0.1) is 0 Å². The first-order valence-corrected chi connectivity index (χ1v) is 13.0. The summed E-state index contributed by atoms with van der Waals surface area (Å²) < 4.78 is 0. The highest BCUT2D eigenvalue weighted by atomic mass is 14.9. The normalized spacial score (nSPS) is 10.1. The van der Waals surface area contributed by atoms with Crippen LogP contribution in [0.1, 0.15) is 0 Å². The van der Waals surface area contributed by atoms with Crippen LogP contribution in [0.3, 0.4) is 0 Å². The van der Waals surface area contributed by atoms with Crippen LogP contribution in [0.15, 0.2) is 170 Å². The summed E-state index contributed by atoms with van der Waals surface area (Å²) in [5.41, 5.74) is 9.00. The zero-order chi connectivity index (χ0) is 26.5. The van der Waals surface area contributed by atoms with Gasteiger partial charge in [0, 0.05) is 34.1 Å². The molecule has 0 bridgehead atoms. The summed E-state index contributed by atoms with van der Waals surface area (Å²) in [7, 11) is 0. The van der Waals surface area contributed by atoms with E-state index in [2.05, 4.69) is 88.7 Å².